The van der Waals surface area contributed by atoms with Crippen molar-refractivity contribution in [3.63, 3.8) is 0 Å². The highest BCUT2D eigenvalue weighted by Gasteiger charge is 2.76. The number of Topliss-reactive ketones (excluding diaryl/α,β-unsaturated/α-hetero) is 1. The number of hydrogen-bond donors (Lipinski definition) is 8. The number of fused-ring (bicyclic) bond motifs is 5. The molecule has 22 heteroatoms. The van der Waals surface area contributed by atoms with Crippen LogP contribution in [0.25, 0.3) is 0 Å². The van der Waals surface area contributed by atoms with Gasteiger partial charge in [-0.1, -0.05) is 31.6 Å². The fourth-order valence-corrected chi connectivity index (χ4v) is 14.9. The van der Waals surface area contributed by atoms with Crippen molar-refractivity contribution in [2.45, 2.75) is 253 Å². The predicted molar refractivity (Wildman–Crippen MR) is 263 cm³/mol. The van der Waals surface area contributed by atoms with Crippen LogP contribution in [0.4, 0.5) is 0 Å². The molecule has 4 aliphatic heterocycles. The Hall–Kier alpha value is -2.14. The molecule has 76 heavy (non-hydrogen) atoms. The molecule has 8 rings (SSSR count). The van der Waals surface area contributed by atoms with Crippen molar-refractivity contribution in [2.75, 3.05) is 27.9 Å². The molecule has 16 unspecified atom stereocenters. The highest BCUT2D eigenvalue weighted by Crippen LogP contribution is 2.70. The van der Waals surface area contributed by atoms with Crippen LogP contribution in [0.15, 0.2) is 23.3 Å². The molecule has 0 bridgehead atoms. The van der Waals surface area contributed by atoms with Crippen LogP contribution in [0.5, 0.6) is 0 Å². The van der Waals surface area contributed by atoms with Crippen LogP contribution in [0.3, 0.4) is 0 Å². The summed E-state index contributed by atoms with van der Waals surface area (Å²) in [5.74, 6) is -5.73. The summed E-state index contributed by atoms with van der Waals surface area (Å²) in [4.78, 5) is 26.6. The molecule has 0 aromatic rings. The van der Waals surface area contributed by atoms with Gasteiger partial charge in [-0.2, -0.15) is 0 Å². The standard InChI is InChI=1S/C54H86O22/c1-13-25(2)47(61)70-35-22-50(8)32(26(3)56)16-19-53(50,63)52(62)18-14-30-20-31(15-17-49(30,7)45(35)52)74-51(9)23-34(66-11)42(29(6)73-51)71-37-21-33(65-10)41(27(4)68-37)72-48-40(59)44(67-12)43(28(5)69-48)76-54(64)46(60)39(58)38(57)36(24-55)75-54/h13-14,27-29,31-46,48,55,57-60,62-64H,15-24H2,1-12H3/b25-13-/t27?,28?,29?,31-,32-,33?,34?,35+,36?,37?,38+,39?,40?,41?,42?,43?,44?,45?,46-,48?,49-,50+,51?,52-,53+,54+/m0/s1. The molecule has 0 amide bonds. The van der Waals surface area contributed by atoms with Crippen molar-refractivity contribution in [2.24, 2.45) is 22.7 Å². The number of aliphatic hydroxyl groups excluding tert-OH is 5. The number of carbonyl (C=O) groups is 2. The van der Waals surface area contributed by atoms with Crippen molar-refractivity contribution in [1.82, 2.24) is 0 Å². The molecule has 8 N–H and O–H groups in total. The van der Waals surface area contributed by atoms with E-state index in [4.69, 9.17) is 56.8 Å². The second-order valence-corrected chi connectivity index (χ2v) is 23.6. The molecule has 0 spiro atoms. The van der Waals surface area contributed by atoms with Gasteiger partial charge in [-0.05, 0) is 98.8 Å². The maximum atomic E-state index is 13.5. The molecule has 434 valence electrons. The number of allylic oxidation sites excluding steroid dienone is 1. The largest absolute Gasteiger partial charge is 0.459 e. The summed E-state index contributed by atoms with van der Waals surface area (Å²) >= 11 is 0. The second kappa shape index (κ2) is 22.3. The number of carbonyl (C=O) groups excluding carboxylic acids is 2. The zero-order chi connectivity index (χ0) is 55.8. The van der Waals surface area contributed by atoms with E-state index < -0.39 is 162 Å². The van der Waals surface area contributed by atoms with Gasteiger partial charge in [-0.3, -0.25) is 4.79 Å². The van der Waals surface area contributed by atoms with Gasteiger partial charge in [0.15, 0.2) is 24.5 Å². The van der Waals surface area contributed by atoms with Gasteiger partial charge in [-0.15, -0.1) is 0 Å². The Labute approximate surface area is 445 Å². The lowest BCUT2D eigenvalue weighted by Crippen LogP contribution is -2.75. The highest BCUT2D eigenvalue weighted by molar-refractivity contribution is 5.87. The maximum Gasteiger partial charge on any atom is 0.333 e. The Balaban J connectivity index is 0.902. The van der Waals surface area contributed by atoms with Gasteiger partial charge in [0.2, 0.25) is 0 Å². The summed E-state index contributed by atoms with van der Waals surface area (Å²) in [6.07, 6.45) is -12.6. The normalized spacial score (nSPS) is 51.7. The van der Waals surface area contributed by atoms with Crippen LogP contribution < -0.4 is 0 Å². The van der Waals surface area contributed by atoms with Gasteiger partial charge in [0.25, 0.3) is 0 Å². The molecule has 4 saturated heterocycles. The van der Waals surface area contributed by atoms with Gasteiger partial charge in [0, 0.05) is 57.0 Å². The van der Waals surface area contributed by atoms with Gasteiger partial charge < -0.3 is 97.7 Å². The number of ether oxygens (including phenoxy) is 12. The van der Waals surface area contributed by atoms with E-state index >= 15 is 0 Å². The number of rotatable bonds is 15. The highest BCUT2D eigenvalue weighted by atomic mass is 16.9. The summed E-state index contributed by atoms with van der Waals surface area (Å²) in [7, 11) is 4.40. The zero-order valence-electron chi connectivity index (χ0n) is 46.1. The maximum absolute atomic E-state index is 13.5. The molecule has 0 aromatic heterocycles. The zero-order valence-corrected chi connectivity index (χ0v) is 46.1. The number of aliphatic hydroxyl groups is 8. The summed E-state index contributed by atoms with van der Waals surface area (Å²) in [6, 6.07) is 0. The van der Waals surface area contributed by atoms with E-state index in [2.05, 4.69) is 6.92 Å². The van der Waals surface area contributed by atoms with Crippen molar-refractivity contribution < 1.29 is 107 Å². The monoisotopic (exact) mass is 1090 g/mol. The predicted octanol–water partition coefficient (Wildman–Crippen LogP) is 1.34. The van der Waals surface area contributed by atoms with Gasteiger partial charge in [-0.25, -0.2) is 4.79 Å². The smallest absolute Gasteiger partial charge is 0.333 e. The van der Waals surface area contributed by atoms with E-state index in [1.807, 2.05) is 26.8 Å². The summed E-state index contributed by atoms with van der Waals surface area (Å²) in [5, 5.41) is 89.4. The minimum Gasteiger partial charge on any atom is -0.459 e. The first-order valence-electron chi connectivity index (χ1n) is 27.1. The minimum absolute atomic E-state index is 0.0530. The molecule has 0 radical (unpaired) electrons. The summed E-state index contributed by atoms with van der Waals surface area (Å²) in [5.41, 5.74) is -3.48. The molecule has 8 aliphatic rings. The first-order valence-corrected chi connectivity index (χ1v) is 27.1. The first kappa shape index (κ1) is 60.0. The van der Waals surface area contributed by atoms with E-state index in [1.54, 1.807) is 40.9 Å². The van der Waals surface area contributed by atoms with Crippen molar-refractivity contribution in [3.05, 3.63) is 23.3 Å². The Morgan fingerprint density at radius 2 is 1.43 bits per heavy atom. The molecular weight excluding hydrogens is 1000 g/mol. The second-order valence-electron chi connectivity index (χ2n) is 23.6. The average molecular weight is 1090 g/mol. The Morgan fingerprint density at radius 1 is 0.763 bits per heavy atom. The molecular formula is C54H86O22. The fourth-order valence-electron chi connectivity index (χ4n) is 14.9. The van der Waals surface area contributed by atoms with Crippen LogP contribution in [-0.4, -0.2) is 214 Å². The van der Waals surface area contributed by atoms with Crippen LogP contribution >= 0.6 is 0 Å². The molecule has 7 fully saturated rings. The van der Waals surface area contributed by atoms with Gasteiger partial charge >= 0.3 is 11.9 Å². The number of ketones is 1. The quantitative estimate of drug-likeness (QED) is 0.0497. The average Bonchev–Trinajstić information content (AvgIpc) is 3.65. The van der Waals surface area contributed by atoms with E-state index in [1.165, 1.54) is 21.1 Å². The van der Waals surface area contributed by atoms with Crippen molar-refractivity contribution >= 4 is 11.8 Å². The lowest BCUT2D eigenvalue weighted by atomic mass is 9.42. The third-order valence-electron chi connectivity index (χ3n) is 19.1. The Kier molecular flexibility index (Phi) is 17.6. The summed E-state index contributed by atoms with van der Waals surface area (Å²) in [6.45, 7) is 15.2. The number of esters is 1. The molecule has 22 nitrogen and oxygen atoms in total. The van der Waals surface area contributed by atoms with Gasteiger partial charge in [0.1, 0.15) is 71.9 Å². The van der Waals surface area contributed by atoms with Crippen LogP contribution in [0, 0.1) is 22.7 Å². The SMILES string of the molecule is C/C=C(/C)C(=O)O[C@@H]1C[C@]2(C)[C@H](C(C)=O)CC[C@]2(O)[C@]2(O)CC=C3C[C@@H](OC4(C)CC(OC)C(OC5CC(OC)C(OC6OC(C)C(O[C@]7(O)OC(CO)[C@@H](O)C(O)[C@@H]7O)C(OC)C6O)C(C)O5)C(C)O4)CC[C@]3(C)C12. The molecule has 3 saturated carbocycles. The molecule has 4 heterocycles. The molecule has 26 atom stereocenters. The third-order valence-corrected chi connectivity index (χ3v) is 19.1. The lowest BCUT2D eigenvalue weighted by molar-refractivity contribution is -0.474. The molecule has 0 aromatic carbocycles. The van der Waals surface area contributed by atoms with E-state index in [0.717, 1.165) is 5.57 Å². The lowest BCUT2D eigenvalue weighted by Gasteiger charge is -2.66. The topological polar surface area (TPSA) is 307 Å². The van der Waals surface area contributed by atoms with E-state index in [9.17, 15) is 50.4 Å². The Morgan fingerprint density at radius 3 is 2.07 bits per heavy atom. The first-order chi connectivity index (χ1) is 35.6. The number of hydrogen-bond acceptors (Lipinski definition) is 22. The Bertz CT molecular complexity index is 2140. The summed E-state index contributed by atoms with van der Waals surface area (Å²) < 4.78 is 74.1. The van der Waals surface area contributed by atoms with Crippen LogP contribution in [0.2, 0.25) is 0 Å². The van der Waals surface area contributed by atoms with Crippen molar-refractivity contribution in [1.29, 1.82) is 0 Å². The molecule has 4 aliphatic carbocycles. The van der Waals surface area contributed by atoms with Crippen LogP contribution in [0.1, 0.15) is 120 Å². The minimum atomic E-state index is -2.93. The fraction of sp³-hybridized carbons (Fsp3) is 0.889. The van der Waals surface area contributed by atoms with Crippen LogP contribution in [-0.2, 0) is 66.4 Å². The van der Waals surface area contributed by atoms with E-state index in [-0.39, 0.29) is 37.6 Å². The van der Waals surface area contributed by atoms with Crippen molar-refractivity contribution in [3.8, 4) is 0 Å². The third kappa shape index (κ3) is 10.2. The van der Waals surface area contributed by atoms with E-state index in [0.29, 0.717) is 37.7 Å². The number of methoxy groups -OCH3 is 3. The van der Waals surface area contributed by atoms with Gasteiger partial charge in [0.05, 0.1) is 43.2 Å².